The molecule has 1 unspecified atom stereocenters. The molecule has 0 bridgehead atoms. The first-order chi connectivity index (χ1) is 10.8. The zero-order valence-electron chi connectivity index (χ0n) is 11.7. The minimum Gasteiger partial charge on any atom is -0.335 e. The Morgan fingerprint density at radius 1 is 1.35 bits per heavy atom. The predicted octanol–water partition coefficient (Wildman–Crippen LogP) is 2.42. The molecule has 2 aromatic heterocycles. The van der Waals surface area contributed by atoms with Crippen LogP contribution < -0.4 is 10.6 Å². The molecule has 0 spiro atoms. The summed E-state index contributed by atoms with van der Waals surface area (Å²) in [5.41, 5.74) is -1.85. The number of alkyl halides is 3. The molecular formula is C14H12BrF3N4O. The Hall–Kier alpha value is -1.74. The lowest BCUT2D eigenvalue weighted by Crippen LogP contribution is -2.60. The van der Waals surface area contributed by atoms with Gasteiger partial charge in [0.1, 0.15) is 11.2 Å². The van der Waals surface area contributed by atoms with Gasteiger partial charge in [-0.05, 0) is 41.0 Å². The summed E-state index contributed by atoms with van der Waals surface area (Å²) in [5, 5.41) is 5.44. The van der Waals surface area contributed by atoms with Crippen LogP contribution in [0, 0.1) is 0 Å². The second-order valence-corrected chi connectivity index (χ2v) is 6.20. The van der Waals surface area contributed by atoms with Gasteiger partial charge in [0.2, 0.25) is 0 Å². The lowest BCUT2D eigenvalue weighted by Gasteiger charge is -2.31. The number of nitrogens with zero attached hydrogens (tertiary/aromatic N) is 2. The van der Waals surface area contributed by atoms with E-state index in [0.29, 0.717) is 15.4 Å². The average Bonchev–Trinajstić information content (AvgIpc) is 2.97. The minimum atomic E-state index is -4.53. The van der Waals surface area contributed by atoms with Crippen molar-refractivity contribution >= 4 is 32.7 Å². The number of carbonyl (C=O) groups is 1. The molecule has 2 aromatic rings. The fraction of sp³-hybridized carbons (Fsp3) is 0.357. The third-order valence-corrected chi connectivity index (χ3v) is 4.42. The van der Waals surface area contributed by atoms with E-state index < -0.39 is 17.6 Å². The zero-order chi connectivity index (χ0) is 16.7. The molecule has 3 rings (SSSR count). The second kappa shape index (κ2) is 5.72. The van der Waals surface area contributed by atoms with E-state index in [2.05, 4.69) is 36.5 Å². The maximum atomic E-state index is 13.3. The molecule has 122 valence electrons. The van der Waals surface area contributed by atoms with E-state index in [1.807, 2.05) is 0 Å². The number of nitrogens with one attached hydrogen (secondary N) is 2. The third-order valence-electron chi connectivity index (χ3n) is 3.84. The summed E-state index contributed by atoms with van der Waals surface area (Å²) in [7, 11) is 0. The lowest BCUT2D eigenvalue weighted by atomic mass is 9.97. The van der Waals surface area contributed by atoms with E-state index in [1.165, 1.54) is 12.3 Å². The van der Waals surface area contributed by atoms with E-state index in [0.717, 1.165) is 0 Å². The highest BCUT2D eigenvalue weighted by Gasteiger charge is 2.57. The number of halogens is 4. The standard InChI is InChI=1S/C14H12BrF3N4O/c15-9-6-20-5-8-1-2-10(21-11(8)9)12(23)22-13(14(16,17)18)3-4-19-7-13/h1-2,5-6,19H,3-4,7H2,(H,22,23). The first-order valence-electron chi connectivity index (χ1n) is 6.83. The minimum absolute atomic E-state index is 0.0695. The van der Waals surface area contributed by atoms with Gasteiger partial charge in [0.05, 0.1) is 9.99 Å². The van der Waals surface area contributed by atoms with Gasteiger partial charge in [-0.1, -0.05) is 0 Å². The van der Waals surface area contributed by atoms with Crippen LogP contribution in [-0.2, 0) is 0 Å². The van der Waals surface area contributed by atoms with Crippen molar-refractivity contribution in [2.45, 2.75) is 18.1 Å². The number of hydrogen-bond acceptors (Lipinski definition) is 4. The van der Waals surface area contributed by atoms with Crippen molar-refractivity contribution in [2.75, 3.05) is 13.1 Å². The van der Waals surface area contributed by atoms with Crippen LogP contribution in [0.15, 0.2) is 29.0 Å². The molecule has 1 atom stereocenters. The van der Waals surface area contributed by atoms with Crippen LogP contribution in [0.2, 0.25) is 0 Å². The van der Waals surface area contributed by atoms with Gasteiger partial charge in [-0.25, -0.2) is 4.98 Å². The Bertz CT molecular complexity index is 759. The lowest BCUT2D eigenvalue weighted by molar-refractivity contribution is -0.187. The highest BCUT2D eigenvalue weighted by molar-refractivity contribution is 9.10. The van der Waals surface area contributed by atoms with Gasteiger partial charge in [-0.15, -0.1) is 0 Å². The van der Waals surface area contributed by atoms with Crippen molar-refractivity contribution in [2.24, 2.45) is 0 Å². The van der Waals surface area contributed by atoms with Crippen molar-refractivity contribution in [3.63, 3.8) is 0 Å². The van der Waals surface area contributed by atoms with Gasteiger partial charge >= 0.3 is 6.18 Å². The summed E-state index contributed by atoms with van der Waals surface area (Å²) >= 11 is 3.26. The molecule has 1 aliphatic rings. The van der Waals surface area contributed by atoms with Crippen molar-refractivity contribution in [3.05, 3.63) is 34.7 Å². The first-order valence-corrected chi connectivity index (χ1v) is 7.62. The van der Waals surface area contributed by atoms with Crippen LogP contribution in [0.4, 0.5) is 13.2 Å². The molecule has 0 aromatic carbocycles. The molecule has 0 radical (unpaired) electrons. The number of amides is 1. The quantitative estimate of drug-likeness (QED) is 0.828. The fourth-order valence-electron chi connectivity index (χ4n) is 2.53. The van der Waals surface area contributed by atoms with Crippen LogP contribution in [0.1, 0.15) is 16.9 Å². The number of carbonyl (C=O) groups excluding carboxylic acids is 1. The summed E-state index contributed by atoms with van der Waals surface area (Å²) in [5.74, 6) is -0.850. The van der Waals surface area contributed by atoms with E-state index >= 15 is 0 Å². The first kappa shape index (κ1) is 16.1. The Morgan fingerprint density at radius 2 is 2.13 bits per heavy atom. The van der Waals surface area contributed by atoms with Gasteiger partial charge < -0.3 is 10.6 Å². The maximum absolute atomic E-state index is 13.3. The maximum Gasteiger partial charge on any atom is 0.412 e. The molecule has 0 aliphatic carbocycles. The predicted molar refractivity (Wildman–Crippen MR) is 81.0 cm³/mol. The largest absolute Gasteiger partial charge is 0.412 e. The molecule has 1 fully saturated rings. The number of aromatic nitrogens is 2. The fourth-order valence-corrected chi connectivity index (χ4v) is 2.96. The molecule has 0 saturated carbocycles. The Labute approximate surface area is 137 Å². The van der Waals surface area contributed by atoms with E-state index in [4.69, 9.17) is 0 Å². The van der Waals surface area contributed by atoms with Crippen LogP contribution in [0.5, 0.6) is 0 Å². The van der Waals surface area contributed by atoms with Crippen molar-refractivity contribution in [1.29, 1.82) is 0 Å². The van der Waals surface area contributed by atoms with Crippen LogP contribution in [0.3, 0.4) is 0 Å². The van der Waals surface area contributed by atoms with Gasteiger partial charge in [0, 0.05) is 24.3 Å². The summed E-state index contributed by atoms with van der Waals surface area (Å²) in [6, 6.07) is 2.99. The Kier molecular flexibility index (Phi) is 4.01. The number of hydrogen-bond donors (Lipinski definition) is 2. The third kappa shape index (κ3) is 2.90. The van der Waals surface area contributed by atoms with Crippen molar-refractivity contribution in [1.82, 2.24) is 20.6 Å². The normalized spacial score (nSPS) is 21.6. The molecule has 1 amide bonds. The molecular weight excluding hydrogens is 377 g/mol. The second-order valence-electron chi connectivity index (χ2n) is 5.35. The SMILES string of the molecule is O=C(NC1(C(F)(F)F)CCNC1)c1ccc2cncc(Br)c2n1. The van der Waals surface area contributed by atoms with Gasteiger partial charge in [-0.3, -0.25) is 9.78 Å². The number of fused-ring (bicyclic) bond motifs is 1. The van der Waals surface area contributed by atoms with Crippen molar-refractivity contribution < 1.29 is 18.0 Å². The van der Waals surface area contributed by atoms with E-state index in [-0.39, 0.29) is 25.2 Å². The Balaban J connectivity index is 1.93. The molecule has 1 saturated heterocycles. The molecule has 2 N–H and O–H groups in total. The monoisotopic (exact) mass is 388 g/mol. The zero-order valence-corrected chi connectivity index (χ0v) is 13.3. The highest BCUT2D eigenvalue weighted by Crippen LogP contribution is 2.35. The van der Waals surface area contributed by atoms with Gasteiger partial charge in [-0.2, -0.15) is 13.2 Å². The molecule has 1 aliphatic heterocycles. The summed E-state index contributed by atoms with van der Waals surface area (Å²) in [4.78, 5) is 20.4. The molecule has 9 heteroatoms. The topological polar surface area (TPSA) is 66.9 Å². The van der Waals surface area contributed by atoms with Gasteiger partial charge in [0.15, 0.2) is 0 Å². The average molecular weight is 389 g/mol. The van der Waals surface area contributed by atoms with Crippen LogP contribution in [0.25, 0.3) is 10.9 Å². The Morgan fingerprint density at radius 3 is 2.78 bits per heavy atom. The summed E-state index contributed by atoms with van der Waals surface area (Å²) in [6.07, 6.45) is -1.67. The van der Waals surface area contributed by atoms with E-state index in [1.54, 1.807) is 12.3 Å². The summed E-state index contributed by atoms with van der Waals surface area (Å²) in [6.45, 7) is -0.147. The highest BCUT2D eigenvalue weighted by atomic mass is 79.9. The molecule has 5 nitrogen and oxygen atoms in total. The number of pyridine rings is 2. The van der Waals surface area contributed by atoms with E-state index in [9.17, 15) is 18.0 Å². The smallest absolute Gasteiger partial charge is 0.335 e. The van der Waals surface area contributed by atoms with Crippen LogP contribution in [-0.4, -0.2) is 40.7 Å². The number of rotatable bonds is 2. The van der Waals surface area contributed by atoms with Gasteiger partial charge in [0.25, 0.3) is 5.91 Å². The van der Waals surface area contributed by atoms with Crippen LogP contribution >= 0.6 is 15.9 Å². The van der Waals surface area contributed by atoms with Crippen molar-refractivity contribution in [3.8, 4) is 0 Å². The summed E-state index contributed by atoms with van der Waals surface area (Å²) < 4.78 is 40.5. The molecule has 3 heterocycles. The molecule has 23 heavy (non-hydrogen) atoms.